The lowest BCUT2D eigenvalue weighted by Gasteiger charge is -2.08. The Balaban J connectivity index is 1.44. The molecule has 0 atom stereocenters. The molecule has 0 bridgehead atoms. The molecule has 9 heteroatoms. The van der Waals surface area contributed by atoms with Gasteiger partial charge in [0, 0.05) is 20.1 Å². The molecule has 33 heavy (non-hydrogen) atoms. The van der Waals surface area contributed by atoms with Crippen LogP contribution >= 0.6 is 31.9 Å². The van der Waals surface area contributed by atoms with Gasteiger partial charge in [0.15, 0.2) is 17.2 Å². The summed E-state index contributed by atoms with van der Waals surface area (Å²) in [5, 5.41) is 0. The number of carbonyl (C=O) groups is 2. The molecule has 5 rings (SSSR count). The van der Waals surface area contributed by atoms with Gasteiger partial charge >= 0.3 is 11.9 Å². The second kappa shape index (κ2) is 8.84. The number of esters is 2. The van der Waals surface area contributed by atoms with E-state index in [2.05, 4.69) is 36.9 Å². The highest BCUT2D eigenvalue weighted by Crippen LogP contribution is 2.34. The Morgan fingerprint density at radius 2 is 1.70 bits per heavy atom. The highest BCUT2D eigenvalue weighted by Gasteiger charge is 2.26. The lowest BCUT2D eigenvalue weighted by molar-refractivity contribution is -0.129. The van der Waals surface area contributed by atoms with Gasteiger partial charge < -0.3 is 18.9 Å². The second-order valence-corrected chi connectivity index (χ2v) is 8.81. The van der Waals surface area contributed by atoms with Crippen LogP contribution in [0.15, 0.2) is 80.3 Å². The van der Waals surface area contributed by atoms with E-state index in [1.807, 2.05) is 0 Å². The minimum atomic E-state index is -0.618. The standard InChI is InChI=1S/C24H13Br2NO6/c25-16-4-1-13(2-5-16)23(28)32-19-8-6-17(26)9-15(19)10-18-24(29)33-22(27-18)14-3-7-20-21(11-14)31-12-30-20/h1-11H,12H2/b18-10+. The number of aliphatic imine (C=N–C) groups is 1. The molecule has 2 aliphatic heterocycles. The summed E-state index contributed by atoms with van der Waals surface area (Å²) < 4.78 is 23.2. The minimum Gasteiger partial charge on any atom is -0.454 e. The molecule has 0 amide bonds. The Hall–Kier alpha value is -3.43. The highest BCUT2D eigenvalue weighted by molar-refractivity contribution is 9.10. The van der Waals surface area contributed by atoms with E-state index in [-0.39, 0.29) is 24.1 Å². The number of hydrogen-bond donors (Lipinski definition) is 0. The topological polar surface area (TPSA) is 83.4 Å². The molecular formula is C24H13Br2NO6. The fourth-order valence-corrected chi connectivity index (χ4v) is 3.82. The predicted octanol–water partition coefficient (Wildman–Crippen LogP) is 5.50. The molecule has 2 heterocycles. The van der Waals surface area contributed by atoms with Gasteiger partial charge in [-0.3, -0.25) is 0 Å². The molecule has 0 N–H and O–H groups in total. The molecule has 0 saturated heterocycles. The van der Waals surface area contributed by atoms with Crippen LogP contribution in [0.5, 0.6) is 17.2 Å². The summed E-state index contributed by atoms with van der Waals surface area (Å²) in [6.07, 6.45) is 1.51. The lowest BCUT2D eigenvalue weighted by Crippen LogP contribution is -2.09. The van der Waals surface area contributed by atoms with Crippen LogP contribution in [-0.4, -0.2) is 24.6 Å². The fraction of sp³-hybridized carbons (Fsp3) is 0.0417. The lowest BCUT2D eigenvalue weighted by atomic mass is 10.1. The summed E-state index contributed by atoms with van der Waals surface area (Å²) in [5.41, 5.74) is 1.52. The molecule has 0 radical (unpaired) electrons. The van der Waals surface area contributed by atoms with Crippen molar-refractivity contribution in [1.29, 1.82) is 0 Å². The van der Waals surface area contributed by atoms with Crippen LogP contribution in [0.4, 0.5) is 0 Å². The number of benzene rings is 3. The van der Waals surface area contributed by atoms with E-state index in [9.17, 15) is 9.59 Å². The normalized spacial score (nSPS) is 15.4. The van der Waals surface area contributed by atoms with Crippen molar-refractivity contribution >= 4 is 55.8 Å². The predicted molar refractivity (Wildman–Crippen MR) is 126 cm³/mol. The van der Waals surface area contributed by atoms with Crippen molar-refractivity contribution in [3.05, 3.63) is 92.0 Å². The summed E-state index contributed by atoms with van der Waals surface area (Å²) in [5.74, 6) is 0.450. The molecule has 0 aliphatic carbocycles. The van der Waals surface area contributed by atoms with E-state index in [4.69, 9.17) is 18.9 Å². The third-order valence-corrected chi connectivity index (χ3v) is 5.81. The van der Waals surface area contributed by atoms with Crippen LogP contribution in [0.3, 0.4) is 0 Å². The van der Waals surface area contributed by atoms with Gasteiger partial charge in [0.25, 0.3) is 0 Å². The maximum atomic E-state index is 12.6. The largest absolute Gasteiger partial charge is 0.454 e. The first-order valence-electron chi connectivity index (χ1n) is 9.66. The Bertz CT molecular complexity index is 1350. The maximum absolute atomic E-state index is 12.6. The molecule has 3 aromatic carbocycles. The van der Waals surface area contributed by atoms with Gasteiger partial charge in [-0.25, -0.2) is 14.6 Å². The summed E-state index contributed by atoms with van der Waals surface area (Å²) in [4.78, 5) is 29.4. The number of ether oxygens (including phenoxy) is 4. The van der Waals surface area contributed by atoms with Gasteiger partial charge in [-0.1, -0.05) is 31.9 Å². The zero-order valence-corrected chi connectivity index (χ0v) is 19.9. The average Bonchev–Trinajstić information content (AvgIpc) is 3.42. The highest BCUT2D eigenvalue weighted by atomic mass is 79.9. The Morgan fingerprint density at radius 1 is 0.939 bits per heavy atom. The second-order valence-electron chi connectivity index (χ2n) is 6.98. The van der Waals surface area contributed by atoms with Crippen LogP contribution in [-0.2, 0) is 9.53 Å². The number of fused-ring (bicyclic) bond motifs is 1. The molecule has 0 aromatic heterocycles. The summed E-state index contributed by atoms with van der Waals surface area (Å²) >= 11 is 6.74. The maximum Gasteiger partial charge on any atom is 0.363 e. The van der Waals surface area contributed by atoms with Crippen molar-refractivity contribution in [3.63, 3.8) is 0 Å². The van der Waals surface area contributed by atoms with Gasteiger partial charge in [-0.2, -0.15) is 0 Å². The molecule has 0 unspecified atom stereocenters. The zero-order chi connectivity index (χ0) is 22.9. The molecule has 0 fully saturated rings. The molecular weight excluding hydrogens is 558 g/mol. The fourth-order valence-electron chi connectivity index (χ4n) is 3.18. The Labute approximate surface area is 204 Å². The van der Waals surface area contributed by atoms with E-state index in [0.29, 0.717) is 28.2 Å². The van der Waals surface area contributed by atoms with E-state index >= 15 is 0 Å². The minimum absolute atomic E-state index is 0.0710. The molecule has 3 aromatic rings. The van der Waals surface area contributed by atoms with Crippen LogP contribution in [0, 0.1) is 0 Å². The van der Waals surface area contributed by atoms with Crippen LogP contribution in [0.2, 0.25) is 0 Å². The summed E-state index contributed by atoms with van der Waals surface area (Å²) in [7, 11) is 0. The third-order valence-electron chi connectivity index (χ3n) is 4.79. The smallest absolute Gasteiger partial charge is 0.363 e. The van der Waals surface area contributed by atoms with Crippen molar-refractivity contribution in [1.82, 2.24) is 0 Å². The third kappa shape index (κ3) is 4.55. The van der Waals surface area contributed by atoms with Gasteiger partial charge in [-0.15, -0.1) is 0 Å². The SMILES string of the molecule is O=C1OC(c2ccc3c(c2)OCO3)=N/C1=C/c1cc(Br)ccc1OC(=O)c1ccc(Br)cc1. The van der Waals surface area contributed by atoms with Crippen molar-refractivity contribution in [2.45, 2.75) is 0 Å². The van der Waals surface area contributed by atoms with E-state index < -0.39 is 11.9 Å². The molecule has 2 aliphatic rings. The number of nitrogens with zero attached hydrogens (tertiary/aromatic N) is 1. The van der Waals surface area contributed by atoms with Gasteiger partial charge in [0.05, 0.1) is 5.56 Å². The molecule has 0 spiro atoms. The number of cyclic esters (lactones) is 1. The monoisotopic (exact) mass is 569 g/mol. The first kappa shape index (κ1) is 21.4. The van der Waals surface area contributed by atoms with Crippen LogP contribution in [0.25, 0.3) is 6.08 Å². The van der Waals surface area contributed by atoms with Crippen LogP contribution < -0.4 is 14.2 Å². The number of carbonyl (C=O) groups excluding carboxylic acids is 2. The van der Waals surface area contributed by atoms with Gasteiger partial charge in [0.2, 0.25) is 12.7 Å². The quantitative estimate of drug-likeness (QED) is 0.234. The number of rotatable bonds is 4. The Morgan fingerprint density at radius 3 is 2.52 bits per heavy atom. The van der Waals surface area contributed by atoms with Crippen molar-refractivity contribution < 1.29 is 28.5 Å². The first-order chi connectivity index (χ1) is 16.0. The van der Waals surface area contributed by atoms with Crippen molar-refractivity contribution in [2.75, 3.05) is 6.79 Å². The average molecular weight is 571 g/mol. The zero-order valence-electron chi connectivity index (χ0n) is 16.7. The van der Waals surface area contributed by atoms with E-state index in [0.717, 1.165) is 8.95 Å². The molecule has 7 nitrogen and oxygen atoms in total. The summed E-state index contributed by atoms with van der Waals surface area (Å²) in [6, 6.07) is 17.1. The Kier molecular flexibility index (Phi) is 5.74. The summed E-state index contributed by atoms with van der Waals surface area (Å²) in [6.45, 7) is 0.140. The van der Waals surface area contributed by atoms with Crippen molar-refractivity contribution in [2.24, 2.45) is 4.99 Å². The van der Waals surface area contributed by atoms with Crippen LogP contribution in [0.1, 0.15) is 21.5 Å². The van der Waals surface area contributed by atoms with Gasteiger partial charge in [0.1, 0.15) is 5.75 Å². The molecule has 0 saturated carbocycles. The first-order valence-corrected chi connectivity index (χ1v) is 11.2. The van der Waals surface area contributed by atoms with Gasteiger partial charge in [-0.05, 0) is 66.7 Å². The molecule has 164 valence electrons. The van der Waals surface area contributed by atoms with E-state index in [1.165, 1.54) is 6.08 Å². The number of halogens is 2. The van der Waals surface area contributed by atoms with E-state index in [1.54, 1.807) is 60.7 Å². The number of hydrogen-bond acceptors (Lipinski definition) is 7. The van der Waals surface area contributed by atoms with Crippen molar-refractivity contribution in [3.8, 4) is 17.2 Å².